The molecule has 4 aliphatic rings. The number of methoxy groups -OCH3 is 1. The Labute approximate surface area is 149 Å². The van der Waals surface area contributed by atoms with Gasteiger partial charge in [-0.25, -0.2) is 0 Å². The van der Waals surface area contributed by atoms with Crippen molar-refractivity contribution >= 4 is 5.78 Å². The van der Waals surface area contributed by atoms with Crippen LogP contribution in [0.25, 0.3) is 0 Å². The molecule has 1 N–H and O–H groups in total. The Morgan fingerprint density at radius 1 is 1.61 bits per heavy atom. The third kappa shape index (κ3) is 1.32. The van der Waals surface area contributed by atoms with Gasteiger partial charge >= 0.3 is 0 Å². The van der Waals surface area contributed by atoms with E-state index >= 15 is 0 Å². The van der Waals surface area contributed by atoms with Gasteiger partial charge in [0.1, 0.15) is 0 Å². The summed E-state index contributed by atoms with van der Waals surface area (Å²) in [5, 5.41) is 5.19. The molecule has 122 valence electrons. The molecule has 2 aliphatic carbocycles. The van der Waals surface area contributed by atoms with Crippen LogP contribution in [0.1, 0.15) is 42.7 Å². The van der Waals surface area contributed by atoms with Crippen molar-refractivity contribution in [1.82, 2.24) is 4.90 Å². The molecule has 2 bridgehead atoms. The molecule has 1 aromatic carbocycles. The highest BCUT2D eigenvalue weighted by molar-refractivity contribution is 5.90. The second-order valence-electron chi connectivity index (χ2n) is 6.43. The van der Waals surface area contributed by atoms with E-state index < -0.39 is 67.2 Å². The lowest BCUT2D eigenvalue weighted by Crippen LogP contribution is -2.76. The number of Topliss-reactive ketones (excluding diaryl/α,β-unsaturated/α-hetero) is 1. The van der Waals surface area contributed by atoms with Gasteiger partial charge < -0.3 is 19.5 Å². The van der Waals surface area contributed by atoms with E-state index in [9.17, 15) is 4.79 Å². The van der Waals surface area contributed by atoms with Crippen LogP contribution in [0.5, 0.6) is 11.5 Å². The number of carbonyl (C=O) groups excluding carboxylic acids is 1. The summed E-state index contributed by atoms with van der Waals surface area (Å²) in [4.78, 5) is 14.1. The Hall–Kier alpha value is -1.59. The smallest absolute Gasteiger partial charge is 0.211 e. The first-order valence-corrected chi connectivity index (χ1v) is 7.47. The molecular weight excluding hydrogens is 294 g/mol. The minimum atomic E-state index is -2.84. The lowest BCUT2D eigenvalue weighted by molar-refractivity contribution is -0.185. The molecule has 0 amide bonds. The van der Waals surface area contributed by atoms with Crippen LogP contribution in [0.15, 0.2) is 12.1 Å². The zero-order chi connectivity index (χ0) is 24.5. The fourth-order valence-corrected chi connectivity index (χ4v) is 4.60. The number of rotatable bonds is 2. The summed E-state index contributed by atoms with van der Waals surface area (Å²) in [5.41, 5.74) is -4.04. The number of hydrogen-bond acceptors (Lipinski definition) is 5. The number of piperidine rings is 1. The third-order valence-corrected chi connectivity index (χ3v) is 5.62. The van der Waals surface area contributed by atoms with Crippen molar-refractivity contribution in [3.63, 3.8) is 0 Å². The van der Waals surface area contributed by atoms with E-state index in [-0.39, 0.29) is 35.6 Å². The SMILES string of the molecule is [2H]O[C@@]12CC([2H])([2H])C(=O)C3Oc4c(OC)c([2H])c([2H])c5c4[C@@]31CCN(C([2H])([2H])[2H])[C@@H]2C5([2H])[2H]. The molecule has 2 fully saturated rings. The first-order chi connectivity index (χ1) is 15.1. The molecule has 0 radical (unpaired) electrons. The van der Waals surface area contributed by atoms with E-state index in [0.29, 0.717) is 0 Å². The van der Waals surface area contributed by atoms with Crippen molar-refractivity contribution in [3.8, 4) is 11.5 Å². The first-order valence-electron chi connectivity index (χ1n) is 12.4. The normalized spacial score (nSPS) is 51.8. The molecule has 1 spiro atoms. The van der Waals surface area contributed by atoms with Crippen molar-refractivity contribution in [2.24, 2.45) is 0 Å². The second kappa shape index (κ2) is 4.08. The lowest BCUT2D eigenvalue weighted by Gasteiger charge is -2.62. The maximum atomic E-state index is 13.3. The molecule has 0 aromatic heterocycles. The zero-order valence-electron chi connectivity index (χ0n) is 22.4. The third-order valence-electron chi connectivity index (χ3n) is 5.62. The second-order valence-corrected chi connectivity index (χ2v) is 6.43. The number of hydrogen-bond donors (Lipinski definition) is 1. The van der Waals surface area contributed by atoms with Gasteiger partial charge in [-0.2, -0.15) is 0 Å². The number of ether oxygens (including phenoxy) is 2. The number of ketones is 1. The standard InChI is InChI=1S/C18H21NO4/c1-19-8-7-17-14-10-3-4-12(22-2)15(14)23-16(17)11(20)5-6-18(17,21)13(19)9-10/h3-4,13,16,21H,5-9H2,1-2H3/t13-,16?,17+,18-/m1/s1/i1D3,3D,4D,5D2,9D2,21D. The van der Waals surface area contributed by atoms with Gasteiger partial charge in [0.2, 0.25) is 1.43 Å². The molecule has 4 atom stereocenters. The van der Waals surface area contributed by atoms with E-state index in [1.54, 1.807) is 0 Å². The zero-order valence-corrected chi connectivity index (χ0v) is 12.4. The van der Waals surface area contributed by atoms with Crippen molar-refractivity contribution in [2.45, 2.75) is 48.7 Å². The Morgan fingerprint density at radius 3 is 3.30 bits per heavy atom. The van der Waals surface area contributed by atoms with Gasteiger partial charge in [-0.15, -0.1) is 0 Å². The number of aliphatic hydroxyl groups is 1. The van der Waals surface area contributed by atoms with Crippen LogP contribution in [-0.4, -0.2) is 55.6 Å². The Bertz CT molecular complexity index is 1090. The molecule has 2 aliphatic heterocycles. The summed E-state index contributed by atoms with van der Waals surface area (Å²) in [6.07, 6.45) is -7.73. The van der Waals surface area contributed by atoms with Gasteiger partial charge in [0.05, 0.1) is 20.9 Å². The van der Waals surface area contributed by atoms with Crippen LogP contribution in [0.3, 0.4) is 0 Å². The maximum absolute atomic E-state index is 13.3. The number of benzene rings is 1. The minimum Gasteiger partial charge on any atom is -0.493 e. The van der Waals surface area contributed by atoms with Crippen molar-refractivity contribution in [2.75, 3.05) is 20.6 Å². The molecule has 1 saturated heterocycles. The summed E-state index contributed by atoms with van der Waals surface area (Å²) in [6.45, 7) is -3.05. The summed E-state index contributed by atoms with van der Waals surface area (Å²) < 4.78 is 95.0. The minimum absolute atomic E-state index is 0.0351. The Balaban J connectivity index is 1.99. The van der Waals surface area contributed by atoms with Crippen LogP contribution in [0, 0.1) is 0 Å². The van der Waals surface area contributed by atoms with Crippen LogP contribution in [0.4, 0.5) is 0 Å². The van der Waals surface area contributed by atoms with Crippen LogP contribution in [-0.2, 0) is 16.6 Å². The highest BCUT2D eigenvalue weighted by Crippen LogP contribution is 2.64. The van der Waals surface area contributed by atoms with Gasteiger partial charge in [-0.1, -0.05) is 6.04 Å². The van der Waals surface area contributed by atoms with Crippen LogP contribution in [0.2, 0.25) is 0 Å². The van der Waals surface area contributed by atoms with Crippen molar-refractivity contribution < 1.29 is 31.7 Å². The molecule has 1 aromatic rings. The summed E-state index contributed by atoms with van der Waals surface area (Å²) in [7, 11) is 1.23. The van der Waals surface area contributed by atoms with Gasteiger partial charge in [-0.05, 0) is 44.3 Å². The van der Waals surface area contributed by atoms with Gasteiger partial charge in [-0.3, -0.25) is 4.79 Å². The monoisotopic (exact) mass is 325 g/mol. The molecule has 23 heavy (non-hydrogen) atoms. The van der Waals surface area contributed by atoms with Gasteiger partial charge in [0.15, 0.2) is 23.4 Å². The summed E-state index contributed by atoms with van der Waals surface area (Å²) in [5.74, 6) is -1.31. The van der Waals surface area contributed by atoms with Gasteiger partial charge in [0.25, 0.3) is 0 Å². The Kier molecular flexibility index (Phi) is 1.26. The lowest BCUT2D eigenvalue weighted by atomic mass is 9.49. The summed E-state index contributed by atoms with van der Waals surface area (Å²) >= 11 is 0. The van der Waals surface area contributed by atoms with E-state index in [1.807, 2.05) is 0 Å². The fraction of sp³-hybridized carbons (Fsp3) is 0.611. The van der Waals surface area contributed by atoms with Crippen LogP contribution >= 0.6 is 0 Å². The molecule has 5 rings (SSSR count). The van der Waals surface area contributed by atoms with E-state index in [1.165, 1.54) is 7.11 Å². The average molecular weight is 325 g/mol. The quantitative estimate of drug-likeness (QED) is 0.881. The average Bonchev–Trinajstić information content (AvgIpc) is 3.02. The number of likely N-dealkylation sites (tertiary alicyclic amines) is 1. The topological polar surface area (TPSA) is 59.0 Å². The highest BCUT2D eigenvalue weighted by atomic mass is 16.5. The molecule has 1 unspecified atom stereocenters. The maximum Gasteiger partial charge on any atom is 0.211 e. The largest absolute Gasteiger partial charge is 0.493 e. The Morgan fingerprint density at radius 2 is 2.52 bits per heavy atom. The van der Waals surface area contributed by atoms with E-state index in [4.69, 9.17) is 28.4 Å². The molecule has 5 nitrogen and oxygen atoms in total. The predicted molar refractivity (Wildman–Crippen MR) is 83.0 cm³/mol. The van der Waals surface area contributed by atoms with E-state index in [0.717, 1.165) is 4.90 Å². The molecule has 1 saturated carbocycles. The van der Waals surface area contributed by atoms with Gasteiger partial charge in [0, 0.05) is 27.6 Å². The predicted octanol–water partition coefficient (Wildman–Crippen LogP) is 1.05. The fourth-order valence-electron chi connectivity index (χ4n) is 4.60. The number of nitrogens with zero attached hydrogens (tertiary/aromatic N) is 1. The number of likely N-dealkylation sites (N-methyl/N-ethyl adjacent to an activating group) is 1. The van der Waals surface area contributed by atoms with Crippen LogP contribution < -0.4 is 9.47 Å². The molecular formula is C18H21NO4. The highest BCUT2D eigenvalue weighted by Gasteiger charge is 2.72. The summed E-state index contributed by atoms with van der Waals surface area (Å²) in [6, 6.07) is -2.80. The van der Waals surface area contributed by atoms with Crippen molar-refractivity contribution in [3.05, 3.63) is 23.2 Å². The van der Waals surface area contributed by atoms with E-state index in [2.05, 4.69) is 0 Å². The first kappa shape index (κ1) is 7.11. The molecule has 5 heteroatoms. The number of carbonyl (C=O) groups is 1. The van der Waals surface area contributed by atoms with Crippen molar-refractivity contribution in [1.29, 1.82) is 1.43 Å². The molecule has 2 heterocycles.